The van der Waals surface area contributed by atoms with Crippen molar-refractivity contribution >= 4 is 23.7 Å². The second-order valence-electron chi connectivity index (χ2n) is 3.38. The van der Waals surface area contributed by atoms with Crippen molar-refractivity contribution < 1.29 is 4.79 Å². The molecule has 2 heterocycles. The maximum absolute atomic E-state index is 10.9. The van der Waals surface area contributed by atoms with E-state index in [-0.39, 0.29) is 10.7 Å². The smallest absolute Gasteiger partial charge is 0.156 e. The van der Waals surface area contributed by atoms with Crippen LogP contribution < -0.4 is 5.32 Å². The van der Waals surface area contributed by atoms with Crippen molar-refractivity contribution in [2.45, 2.75) is 13.5 Å². The van der Waals surface area contributed by atoms with Gasteiger partial charge >= 0.3 is 0 Å². The van der Waals surface area contributed by atoms with Crippen molar-refractivity contribution in [3.05, 3.63) is 34.5 Å². The average Bonchev–Trinajstić information content (AvgIpc) is 2.78. The molecule has 17 heavy (non-hydrogen) atoms. The fourth-order valence-corrected chi connectivity index (χ4v) is 1.60. The molecule has 0 saturated carbocycles. The van der Waals surface area contributed by atoms with Gasteiger partial charge in [-0.05, 0) is 13.0 Å². The van der Waals surface area contributed by atoms with Crippen molar-refractivity contribution in [2.24, 2.45) is 0 Å². The van der Waals surface area contributed by atoms with Gasteiger partial charge in [0.1, 0.15) is 16.8 Å². The molecule has 0 radical (unpaired) electrons. The molecule has 2 aromatic rings. The number of nitrogens with one attached hydrogen (secondary N) is 2. The van der Waals surface area contributed by atoms with Crippen LogP contribution in [-0.2, 0) is 6.54 Å². The van der Waals surface area contributed by atoms with Gasteiger partial charge in [-0.15, -0.1) is 0 Å². The van der Waals surface area contributed by atoms with E-state index in [0.717, 1.165) is 5.69 Å². The van der Waals surface area contributed by atoms with Gasteiger partial charge in [0.2, 0.25) is 0 Å². The maximum Gasteiger partial charge on any atom is 0.156 e. The van der Waals surface area contributed by atoms with Crippen LogP contribution in [-0.4, -0.2) is 26.5 Å². The van der Waals surface area contributed by atoms with Crippen LogP contribution in [0.2, 0.25) is 5.15 Å². The molecule has 0 fully saturated rings. The number of aldehydes is 1. The molecule has 0 aliphatic carbocycles. The van der Waals surface area contributed by atoms with Gasteiger partial charge in [-0.2, -0.15) is 5.10 Å². The molecule has 0 atom stereocenters. The fraction of sp³-hybridized carbons (Fsp3) is 0.200. The van der Waals surface area contributed by atoms with Crippen LogP contribution in [0.4, 0.5) is 5.82 Å². The Morgan fingerprint density at radius 3 is 3.00 bits per heavy atom. The lowest BCUT2D eigenvalue weighted by Gasteiger charge is -2.08. The second-order valence-corrected chi connectivity index (χ2v) is 3.74. The first kappa shape index (κ1) is 11.5. The van der Waals surface area contributed by atoms with Gasteiger partial charge < -0.3 is 5.32 Å². The Morgan fingerprint density at radius 1 is 1.53 bits per heavy atom. The first-order chi connectivity index (χ1) is 8.20. The Morgan fingerprint density at radius 2 is 2.35 bits per heavy atom. The lowest BCUT2D eigenvalue weighted by atomic mass is 10.3. The van der Waals surface area contributed by atoms with Gasteiger partial charge in [-0.3, -0.25) is 9.89 Å². The van der Waals surface area contributed by atoms with Crippen LogP contribution >= 0.6 is 11.6 Å². The summed E-state index contributed by atoms with van der Waals surface area (Å²) in [6, 6.07) is 1.82. The number of aromatic amines is 1. The highest BCUT2D eigenvalue weighted by atomic mass is 35.5. The number of carbonyl (C=O) groups is 1. The van der Waals surface area contributed by atoms with E-state index in [4.69, 9.17) is 11.6 Å². The van der Waals surface area contributed by atoms with Gasteiger partial charge in [0, 0.05) is 6.20 Å². The molecule has 0 aliphatic rings. The van der Waals surface area contributed by atoms with Gasteiger partial charge in [0.05, 0.1) is 17.8 Å². The Balaban J connectivity index is 2.22. The predicted octanol–water partition coefficient (Wildman–Crippen LogP) is 1.59. The molecule has 0 saturated heterocycles. The third kappa shape index (κ3) is 2.59. The summed E-state index contributed by atoms with van der Waals surface area (Å²) in [6.45, 7) is 2.19. The summed E-state index contributed by atoms with van der Waals surface area (Å²) in [5.41, 5.74) is 1.14. The number of anilines is 1. The van der Waals surface area contributed by atoms with Crippen molar-refractivity contribution in [2.75, 3.05) is 5.32 Å². The number of rotatable bonds is 4. The summed E-state index contributed by atoms with van der Waals surface area (Å²) in [5, 5.41) is 9.78. The summed E-state index contributed by atoms with van der Waals surface area (Å²) < 4.78 is 0. The van der Waals surface area contributed by atoms with Crippen LogP contribution in [0.1, 0.15) is 21.9 Å². The molecule has 7 heteroatoms. The van der Waals surface area contributed by atoms with Crippen molar-refractivity contribution in [3.8, 4) is 0 Å². The Hall–Kier alpha value is -1.95. The zero-order valence-corrected chi connectivity index (χ0v) is 9.82. The largest absolute Gasteiger partial charge is 0.364 e. The molecule has 2 aromatic heterocycles. The van der Waals surface area contributed by atoms with E-state index < -0.39 is 0 Å². The fourth-order valence-electron chi connectivity index (χ4n) is 1.35. The van der Waals surface area contributed by atoms with E-state index in [1.54, 1.807) is 13.1 Å². The number of aryl methyl sites for hydroxylation is 1. The number of hydrogen-bond donors (Lipinski definition) is 2. The molecular weight excluding hydrogens is 242 g/mol. The summed E-state index contributed by atoms with van der Waals surface area (Å²) in [6.07, 6.45) is 2.28. The molecule has 0 amide bonds. The first-order valence-electron chi connectivity index (χ1n) is 4.92. The van der Waals surface area contributed by atoms with E-state index >= 15 is 0 Å². The van der Waals surface area contributed by atoms with Crippen LogP contribution in [0.5, 0.6) is 0 Å². The molecule has 0 aliphatic heterocycles. The quantitative estimate of drug-likeness (QED) is 0.637. The van der Waals surface area contributed by atoms with E-state index in [2.05, 4.69) is 25.5 Å². The van der Waals surface area contributed by atoms with Crippen molar-refractivity contribution in [3.63, 3.8) is 0 Å². The number of nitrogens with zero attached hydrogens (tertiary/aromatic N) is 3. The Kier molecular flexibility index (Phi) is 3.34. The van der Waals surface area contributed by atoms with Crippen LogP contribution in [0.3, 0.4) is 0 Å². The number of hydrogen-bond acceptors (Lipinski definition) is 5. The zero-order valence-electron chi connectivity index (χ0n) is 9.07. The normalized spacial score (nSPS) is 10.2. The minimum atomic E-state index is 0.152. The van der Waals surface area contributed by atoms with Gasteiger partial charge in [0.15, 0.2) is 6.29 Å². The monoisotopic (exact) mass is 251 g/mol. The van der Waals surface area contributed by atoms with Crippen LogP contribution in [0, 0.1) is 6.92 Å². The lowest BCUT2D eigenvalue weighted by Crippen LogP contribution is -2.07. The van der Waals surface area contributed by atoms with E-state index in [0.29, 0.717) is 24.5 Å². The van der Waals surface area contributed by atoms with E-state index in [1.807, 2.05) is 6.07 Å². The molecule has 0 unspecified atom stereocenters. The van der Waals surface area contributed by atoms with E-state index in [9.17, 15) is 4.79 Å². The van der Waals surface area contributed by atoms with Gasteiger partial charge in [-0.1, -0.05) is 11.6 Å². The van der Waals surface area contributed by atoms with Gasteiger partial charge in [-0.25, -0.2) is 9.97 Å². The average molecular weight is 252 g/mol. The minimum Gasteiger partial charge on any atom is -0.364 e. The molecule has 6 nitrogen and oxygen atoms in total. The number of H-pyrrole nitrogens is 1. The predicted molar refractivity (Wildman–Crippen MR) is 63.1 cm³/mol. The SMILES string of the molecule is Cc1nc(Cl)c(C=O)c(NCc2ccn[nH]2)n1. The number of halogens is 1. The third-order valence-electron chi connectivity index (χ3n) is 2.13. The number of aromatic nitrogens is 4. The van der Waals surface area contributed by atoms with Crippen LogP contribution in [0.25, 0.3) is 0 Å². The highest BCUT2D eigenvalue weighted by Gasteiger charge is 2.10. The van der Waals surface area contributed by atoms with Crippen molar-refractivity contribution in [1.29, 1.82) is 0 Å². The van der Waals surface area contributed by atoms with E-state index in [1.165, 1.54) is 0 Å². The Bertz CT molecular complexity index is 526. The Labute approximate surface area is 102 Å². The molecule has 0 spiro atoms. The highest BCUT2D eigenvalue weighted by Crippen LogP contribution is 2.19. The van der Waals surface area contributed by atoms with Crippen molar-refractivity contribution in [1.82, 2.24) is 20.2 Å². The lowest BCUT2D eigenvalue weighted by molar-refractivity contribution is 0.112. The topological polar surface area (TPSA) is 83.6 Å². The minimum absolute atomic E-state index is 0.152. The molecule has 0 bridgehead atoms. The second kappa shape index (κ2) is 4.92. The standard InChI is InChI=1S/C10H10ClN5O/c1-6-14-9(11)8(5-17)10(15-6)12-4-7-2-3-13-16-7/h2-3,5H,4H2,1H3,(H,13,16)(H,12,14,15). The third-order valence-corrected chi connectivity index (χ3v) is 2.42. The number of carbonyl (C=O) groups excluding carboxylic acids is 1. The summed E-state index contributed by atoms with van der Waals surface area (Å²) in [5.74, 6) is 0.930. The first-order valence-corrected chi connectivity index (χ1v) is 5.30. The molecule has 2 rings (SSSR count). The molecule has 2 N–H and O–H groups in total. The molecule has 0 aromatic carbocycles. The molecule has 88 valence electrons. The summed E-state index contributed by atoms with van der Waals surface area (Å²) in [4.78, 5) is 18.9. The molecular formula is C10H10ClN5O. The van der Waals surface area contributed by atoms with Crippen LogP contribution in [0.15, 0.2) is 12.3 Å². The maximum atomic E-state index is 10.9. The summed E-state index contributed by atoms with van der Waals surface area (Å²) >= 11 is 5.85. The zero-order chi connectivity index (χ0) is 12.3. The highest BCUT2D eigenvalue weighted by molar-refractivity contribution is 6.32. The van der Waals surface area contributed by atoms with Gasteiger partial charge in [0.25, 0.3) is 0 Å². The summed E-state index contributed by atoms with van der Waals surface area (Å²) in [7, 11) is 0.